The summed E-state index contributed by atoms with van der Waals surface area (Å²) in [6, 6.07) is 12.9. The minimum atomic E-state index is -0.118. The van der Waals surface area contributed by atoms with E-state index in [0.29, 0.717) is 24.2 Å². The van der Waals surface area contributed by atoms with Crippen LogP contribution in [0.25, 0.3) is 16.9 Å². The summed E-state index contributed by atoms with van der Waals surface area (Å²) < 4.78 is 6.94. The van der Waals surface area contributed by atoms with Crippen molar-refractivity contribution in [3.63, 3.8) is 0 Å². The van der Waals surface area contributed by atoms with Gasteiger partial charge in [0.2, 0.25) is 0 Å². The Morgan fingerprint density at radius 1 is 1.23 bits per heavy atom. The summed E-state index contributed by atoms with van der Waals surface area (Å²) in [6.45, 7) is 2.45. The first kappa shape index (κ1) is 16.0. The predicted octanol–water partition coefficient (Wildman–Crippen LogP) is 2.69. The summed E-state index contributed by atoms with van der Waals surface area (Å²) in [5, 5.41) is 11.2. The zero-order valence-electron chi connectivity index (χ0n) is 14.2. The van der Waals surface area contributed by atoms with Gasteiger partial charge in [-0.05, 0) is 55.0 Å². The van der Waals surface area contributed by atoms with Crippen molar-refractivity contribution < 1.29 is 9.21 Å². The van der Waals surface area contributed by atoms with E-state index in [0.717, 1.165) is 22.5 Å². The largest absolute Gasteiger partial charge is 0.469 e. The average Bonchev–Trinajstić information content (AvgIpc) is 3.31. The highest BCUT2D eigenvalue weighted by molar-refractivity contribution is 5.94. The summed E-state index contributed by atoms with van der Waals surface area (Å²) in [5.41, 5.74) is 3.78. The zero-order valence-corrected chi connectivity index (χ0v) is 14.2. The van der Waals surface area contributed by atoms with Crippen LogP contribution in [0.2, 0.25) is 0 Å². The van der Waals surface area contributed by atoms with Gasteiger partial charge in [-0.2, -0.15) is 4.68 Å². The van der Waals surface area contributed by atoms with E-state index in [1.54, 1.807) is 23.2 Å². The van der Waals surface area contributed by atoms with Crippen LogP contribution in [-0.4, -0.2) is 32.4 Å². The van der Waals surface area contributed by atoms with Gasteiger partial charge in [0.15, 0.2) is 5.65 Å². The number of carbonyl (C=O) groups excluding carboxylic acids is 1. The molecular formula is C19H17N5O2. The van der Waals surface area contributed by atoms with Gasteiger partial charge in [0.05, 0.1) is 12.0 Å². The molecule has 26 heavy (non-hydrogen) atoms. The van der Waals surface area contributed by atoms with Gasteiger partial charge >= 0.3 is 0 Å². The molecule has 0 aliphatic heterocycles. The molecule has 0 unspecified atom stereocenters. The smallest absolute Gasteiger partial charge is 0.251 e. The van der Waals surface area contributed by atoms with Crippen molar-refractivity contribution in [3.05, 3.63) is 71.8 Å². The van der Waals surface area contributed by atoms with Crippen LogP contribution in [0.15, 0.2) is 59.3 Å². The molecular weight excluding hydrogens is 330 g/mol. The lowest BCUT2D eigenvalue weighted by atomic mass is 10.1. The Kier molecular flexibility index (Phi) is 4.18. The highest BCUT2D eigenvalue weighted by Gasteiger charge is 2.12. The molecule has 1 N–H and O–H groups in total. The van der Waals surface area contributed by atoms with E-state index in [2.05, 4.69) is 20.6 Å². The molecule has 1 amide bonds. The Hall–Kier alpha value is -3.48. The maximum Gasteiger partial charge on any atom is 0.251 e. The number of hydrogen-bond donors (Lipinski definition) is 1. The monoisotopic (exact) mass is 347 g/mol. The fraction of sp³-hybridized carbons (Fsp3) is 0.158. The quantitative estimate of drug-likeness (QED) is 0.600. The molecule has 7 nitrogen and oxygen atoms in total. The highest BCUT2D eigenvalue weighted by Crippen LogP contribution is 2.19. The first-order valence-corrected chi connectivity index (χ1v) is 8.30. The number of aromatic nitrogens is 4. The second-order valence-electron chi connectivity index (χ2n) is 5.93. The lowest BCUT2D eigenvalue weighted by Crippen LogP contribution is -2.25. The molecule has 0 spiro atoms. The molecule has 3 aromatic heterocycles. The Morgan fingerprint density at radius 2 is 2.15 bits per heavy atom. The zero-order chi connectivity index (χ0) is 17.9. The van der Waals surface area contributed by atoms with Crippen molar-refractivity contribution in [2.75, 3.05) is 6.54 Å². The minimum Gasteiger partial charge on any atom is -0.469 e. The van der Waals surface area contributed by atoms with E-state index < -0.39 is 0 Å². The molecule has 7 heteroatoms. The van der Waals surface area contributed by atoms with Crippen molar-refractivity contribution in [2.45, 2.75) is 13.3 Å². The minimum absolute atomic E-state index is 0.118. The summed E-state index contributed by atoms with van der Waals surface area (Å²) in [6.07, 6.45) is 3.99. The number of pyridine rings is 1. The highest BCUT2D eigenvalue weighted by atomic mass is 16.3. The van der Waals surface area contributed by atoms with Crippen LogP contribution < -0.4 is 5.32 Å². The number of furan rings is 1. The molecule has 4 aromatic rings. The van der Waals surface area contributed by atoms with Crippen LogP contribution >= 0.6 is 0 Å². The lowest BCUT2D eigenvalue weighted by Gasteiger charge is -2.09. The lowest BCUT2D eigenvalue weighted by molar-refractivity contribution is 0.0953. The number of nitrogens with zero attached hydrogens (tertiary/aromatic N) is 4. The van der Waals surface area contributed by atoms with E-state index in [4.69, 9.17) is 4.42 Å². The van der Waals surface area contributed by atoms with Crippen LogP contribution in [0.5, 0.6) is 0 Å². The number of hydrogen-bond acceptors (Lipinski definition) is 5. The molecule has 0 saturated heterocycles. The van der Waals surface area contributed by atoms with Crippen molar-refractivity contribution in [1.82, 2.24) is 25.3 Å². The third-order valence-electron chi connectivity index (χ3n) is 4.13. The Balaban J connectivity index is 1.51. The van der Waals surface area contributed by atoms with E-state index in [9.17, 15) is 4.79 Å². The molecule has 1 aromatic carbocycles. The second kappa shape index (κ2) is 6.79. The molecule has 0 saturated carbocycles. The van der Waals surface area contributed by atoms with E-state index in [-0.39, 0.29) is 5.91 Å². The molecule has 0 aliphatic carbocycles. The van der Waals surface area contributed by atoms with Gasteiger partial charge in [-0.25, -0.2) is 4.98 Å². The topological polar surface area (TPSA) is 85.8 Å². The number of benzene rings is 1. The third-order valence-corrected chi connectivity index (χ3v) is 4.13. The fourth-order valence-corrected chi connectivity index (χ4v) is 2.82. The average molecular weight is 347 g/mol. The Morgan fingerprint density at radius 3 is 2.96 bits per heavy atom. The van der Waals surface area contributed by atoms with E-state index >= 15 is 0 Å². The summed E-state index contributed by atoms with van der Waals surface area (Å²) in [4.78, 5) is 16.7. The maximum atomic E-state index is 12.3. The van der Waals surface area contributed by atoms with Gasteiger partial charge in [0.1, 0.15) is 11.3 Å². The van der Waals surface area contributed by atoms with Crippen molar-refractivity contribution >= 4 is 17.1 Å². The van der Waals surface area contributed by atoms with Crippen LogP contribution in [0.4, 0.5) is 0 Å². The summed E-state index contributed by atoms with van der Waals surface area (Å²) in [7, 11) is 0. The van der Waals surface area contributed by atoms with Gasteiger partial charge < -0.3 is 9.73 Å². The van der Waals surface area contributed by atoms with Crippen LogP contribution in [0, 0.1) is 6.92 Å². The summed E-state index contributed by atoms with van der Waals surface area (Å²) in [5.74, 6) is 0.732. The van der Waals surface area contributed by atoms with Crippen molar-refractivity contribution in [3.8, 4) is 5.69 Å². The SMILES string of the molecule is Cc1cc(C(=O)NCCc2ccco2)ccc1-n1nnc2cccnc21. The molecule has 0 aliphatic rings. The van der Waals surface area contributed by atoms with E-state index in [1.165, 1.54) is 0 Å². The number of nitrogens with one attached hydrogen (secondary N) is 1. The van der Waals surface area contributed by atoms with Crippen LogP contribution in [-0.2, 0) is 6.42 Å². The molecule has 130 valence electrons. The molecule has 3 heterocycles. The molecule has 0 radical (unpaired) electrons. The van der Waals surface area contributed by atoms with Gasteiger partial charge in [-0.15, -0.1) is 5.10 Å². The Labute approximate surface area is 149 Å². The second-order valence-corrected chi connectivity index (χ2v) is 5.93. The van der Waals surface area contributed by atoms with Crippen LogP contribution in [0.1, 0.15) is 21.7 Å². The van der Waals surface area contributed by atoms with Gasteiger partial charge in [0.25, 0.3) is 5.91 Å². The van der Waals surface area contributed by atoms with Gasteiger partial charge in [-0.1, -0.05) is 5.21 Å². The van der Waals surface area contributed by atoms with Gasteiger partial charge in [-0.3, -0.25) is 4.79 Å². The van der Waals surface area contributed by atoms with E-state index in [1.807, 2.05) is 43.3 Å². The fourth-order valence-electron chi connectivity index (χ4n) is 2.82. The molecule has 4 rings (SSSR count). The molecule has 0 bridgehead atoms. The molecule has 0 atom stereocenters. The summed E-state index contributed by atoms with van der Waals surface area (Å²) >= 11 is 0. The third kappa shape index (κ3) is 3.06. The number of aryl methyl sites for hydroxylation is 1. The first-order chi connectivity index (χ1) is 12.7. The standard InChI is InChI=1S/C19H17N5O2/c1-13-12-14(19(25)21-10-8-15-4-3-11-26-15)6-7-17(13)24-18-16(22-23-24)5-2-9-20-18/h2-7,9,11-12H,8,10H2,1H3,(H,21,25). The predicted molar refractivity (Wildman–Crippen MR) is 96.1 cm³/mol. The van der Waals surface area contributed by atoms with Crippen molar-refractivity contribution in [2.24, 2.45) is 0 Å². The molecule has 0 fully saturated rings. The Bertz CT molecular complexity index is 1050. The van der Waals surface area contributed by atoms with Crippen LogP contribution in [0.3, 0.4) is 0 Å². The number of fused-ring (bicyclic) bond motifs is 1. The number of rotatable bonds is 5. The maximum absolute atomic E-state index is 12.3. The number of amides is 1. The normalized spacial score (nSPS) is 11.0. The first-order valence-electron chi connectivity index (χ1n) is 8.30. The van der Waals surface area contributed by atoms with Gasteiger partial charge in [0, 0.05) is 24.7 Å². The van der Waals surface area contributed by atoms with Crippen molar-refractivity contribution in [1.29, 1.82) is 0 Å². The number of carbonyl (C=O) groups is 1.